The molecule has 4 aromatic rings. The zero-order valence-corrected chi connectivity index (χ0v) is 13.7. The first kappa shape index (κ1) is 14.5. The maximum absolute atomic E-state index is 4.38. The number of hydrogen-bond acceptors (Lipinski definition) is 2. The number of benzene rings is 2. The molecule has 0 atom stereocenters. The van der Waals surface area contributed by atoms with E-state index in [0.717, 1.165) is 22.5 Å². The number of hydrogen-bond donors (Lipinski definition) is 0. The van der Waals surface area contributed by atoms with Crippen LogP contribution in [0.1, 0.15) is 11.1 Å². The lowest BCUT2D eigenvalue weighted by atomic mass is 10.0. The molecule has 0 aliphatic rings. The largest absolute Gasteiger partial charge is 0.241 e. The molecular weight excluding hydrogens is 296 g/mol. The summed E-state index contributed by atoms with van der Waals surface area (Å²) in [5.41, 5.74) is 6.77. The summed E-state index contributed by atoms with van der Waals surface area (Å²) in [6, 6.07) is 16.8. The standard InChI is InChI=1S/C20H18N4/c1-15-11-21-23(13-15)19-8-6-17(7-9-19)18-4-3-5-20(10-18)24-14-16(2)12-22-24/h3-14H,1-2H3. The topological polar surface area (TPSA) is 35.6 Å². The lowest BCUT2D eigenvalue weighted by Crippen LogP contribution is -1.95. The van der Waals surface area contributed by atoms with Crippen molar-refractivity contribution in [2.45, 2.75) is 13.8 Å². The van der Waals surface area contributed by atoms with Gasteiger partial charge in [-0.05, 0) is 60.4 Å². The first-order valence-electron chi connectivity index (χ1n) is 7.93. The van der Waals surface area contributed by atoms with Gasteiger partial charge in [-0.15, -0.1) is 0 Å². The zero-order valence-electron chi connectivity index (χ0n) is 13.7. The highest BCUT2D eigenvalue weighted by Gasteiger charge is 2.04. The van der Waals surface area contributed by atoms with Crippen LogP contribution >= 0.6 is 0 Å². The maximum atomic E-state index is 4.38. The Morgan fingerprint density at radius 2 is 1.29 bits per heavy atom. The van der Waals surface area contributed by atoms with E-state index in [1.165, 1.54) is 11.1 Å². The molecule has 2 heterocycles. The number of nitrogens with zero attached hydrogens (tertiary/aromatic N) is 4. The van der Waals surface area contributed by atoms with E-state index in [-0.39, 0.29) is 0 Å². The first-order chi connectivity index (χ1) is 11.7. The molecule has 2 aromatic heterocycles. The van der Waals surface area contributed by atoms with Gasteiger partial charge in [-0.25, -0.2) is 9.36 Å². The molecule has 0 saturated carbocycles. The fourth-order valence-electron chi connectivity index (χ4n) is 2.74. The van der Waals surface area contributed by atoms with Crippen molar-refractivity contribution >= 4 is 0 Å². The van der Waals surface area contributed by atoms with Gasteiger partial charge in [0.25, 0.3) is 0 Å². The van der Waals surface area contributed by atoms with Crippen LogP contribution in [0.4, 0.5) is 0 Å². The van der Waals surface area contributed by atoms with Crippen molar-refractivity contribution < 1.29 is 0 Å². The average molecular weight is 314 g/mol. The minimum Gasteiger partial charge on any atom is -0.241 e. The van der Waals surface area contributed by atoms with E-state index in [0.29, 0.717) is 0 Å². The monoisotopic (exact) mass is 314 g/mol. The SMILES string of the molecule is Cc1cnn(-c2ccc(-c3cccc(-n4cc(C)cn4)c3)cc2)c1. The van der Waals surface area contributed by atoms with Crippen molar-refractivity contribution in [1.29, 1.82) is 0 Å². The third kappa shape index (κ3) is 2.74. The second-order valence-corrected chi connectivity index (χ2v) is 6.02. The van der Waals surface area contributed by atoms with Crippen LogP contribution in [0.2, 0.25) is 0 Å². The molecule has 0 unspecified atom stereocenters. The van der Waals surface area contributed by atoms with Gasteiger partial charge in [0.05, 0.1) is 23.8 Å². The molecule has 4 heteroatoms. The van der Waals surface area contributed by atoms with E-state index in [1.807, 2.05) is 48.0 Å². The lowest BCUT2D eigenvalue weighted by Gasteiger charge is -2.07. The van der Waals surface area contributed by atoms with Gasteiger partial charge >= 0.3 is 0 Å². The Kier molecular flexibility index (Phi) is 3.50. The zero-order chi connectivity index (χ0) is 16.5. The summed E-state index contributed by atoms with van der Waals surface area (Å²) in [6.45, 7) is 4.09. The van der Waals surface area contributed by atoms with Crippen LogP contribution in [0.15, 0.2) is 73.3 Å². The van der Waals surface area contributed by atoms with E-state index in [4.69, 9.17) is 0 Å². The van der Waals surface area contributed by atoms with Gasteiger partial charge in [-0.3, -0.25) is 0 Å². The van der Waals surface area contributed by atoms with Crippen molar-refractivity contribution in [3.8, 4) is 22.5 Å². The van der Waals surface area contributed by atoms with Crippen LogP contribution in [0.25, 0.3) is 22.5 Å². The Labute approximate surface area is 141 Å². The molecule has 4 rings (SSSR count). The molecule has 0 bridgehead atoms. The second kappa shape index (κ2) is 5.81. The van der Waals surface area contributed by atoms with Crippen molar-refractivity contribution in [3.63, 3.8) is 0 Å². The Balaban J connectivity index is 1.66. The Bertz CT molecular complexity index is 977. The van der Waals surface area contributed by atoms with Gasteiger partial charge in [0.2, 0.25) is 0 Å². The van der Waals surface area contributed by atoms with Crippen LogP contribution in [-0.4, -0.2) is 19.6 Å². The van der Waals surface area contributed by atoms with Crippen molar-refractivity contribution in [3.05, 3.63) is 84.4 Å². The molecule has 0 N–H and O–H groups in total. The van der Waals surface area contributed by atoms with Crippen LogP contribution in [0, 0.1) is 13.8 Å². The highest BCUT2D eigenvalue weighted by atomic mass is 15.3. The molecule has 2 aromatic carbocycles. The highest BCUT2D eigenvalue weighted by Crippen LogP contribution is 2.23. The van der Waals surface area contributed by atoms with E-state index in [1.54, 1.807) is 0 Å². The Morgan fingerprint density at radius 1 is 0.667 bits per heavy atom. The van der Waals surface area contributed by atoms with Gasteiger partial charge in [0, 0.05) is 12.4 Å². The second-order valence-electron chi connectivity index (χ2n) is 6.02. The van der Waals surface area contributed by atoms with E-state index < -0.39 is 0 Å². The minimum absolute atomic E-state index is 1.06. The molecule has 24 heavy (non-hydrogen) atoms. The molecule has 0 saturated heterocycles. The smallest absolute Gasteiger partial charge is 0.0651 e. The summed E-state index contributed by atoms with van der Waals surface area (Å²) in [6.07, 6.45) is 7.79. The molecular formula is C20H18N4. The molecule has 118 valence electrons. The van der Waals surface area contributed by atoms with E-state index in [9.17, 15) is 0 Å². The molecule has 0 fully saturated rings. The van der Waals surface area contributed by atoms with Crippen molar-refractivity contribution in [2.75, 3.05) is 0 Å². The third-order valence-corrected chi connectivity index (χ3v) is 4.00. The number of aryl methyl sites for hydroxylation is 2. The van der Waals surface area contributed by atoms with Crippen LogP contribution < -0.4 is 0 Å². The summed E-state index contributed by atoms with van der Waals surface area (Å²) in [4.78, 5) is 0. The quantitative estimate of drug-likeness (QED) is 0.564. The normalized spacial score (nSPS) is 10.9. The molecule has 0 aliphatic carbocycles. The summed E-state index contributed by atoms with van der Waals surface area (Å²) in [5, 5.41) is 8.73. The predicted molar refractivity (Wildman–Crippen MR) is 95.6 cm³/mol. The summed E-state index contributed by atoms with van der Waals surface area (Å²) in [7, 11) is 0. The molecule has 0 amide bonds. The fraction of sp³-hybridized carbons (Fsp3) is 0.100. The minimum atomic E-state index is 1.06. The first-order valence-corrected chi connectivity index (χ1v) is 7.93. The average Bonchev–Trinajstić information content (AvgIpc) is 3.24. The van der Waals surface area contributed by atoms with Crippen LogP contribution in [0.5, 0.6) is 0 Å². The third-order valence-electron chi connectivity index (χ3n) is 4.00. The van der Waals surface area contributed by atoms with Gasteiger partial charge in [-0.2, -0.15) is 10.2 Å². The molecule has 0 spiro atoms. The van der Waals surface area contributed by atoms with Gasteiger partial charge < -0.3 is 0 Å². The molecule has 0 aliphatic heterocycles. The molecule has 4 nitrogen and oxygen atoms in total. The highest BCUT2D eigenvalue weighted by molar-refractivity contribution is 5.67. The van der Waals surface area contributed by atoms with Gasteiger partial charge in [0.15, 0.2) is 0 Å². The Morgan fingerprint density at radius 3 is 1.88 bits per heavy atom. The fourth-order valence-corrected chi connectivity index (χ4v) is 2.74. The van der Waals surface area contributed by atoms with Crippen molar-refractivity contribution in [1.82, 2.24) is 19.6 Å². The molecule has 0 radical (unpaired) electrons. The van der Waals surface area contributed by atoms with Crippen molar-refractivity contribution in [2.24, 2.45) is 0 Å². The lowest BCUT2D eigenvalue weighted by molar-refractivity contribution is 0.879. The van der Waals surface area contributed by atoms with Crippen LogP contribution in [0.3, 0.4) is 0 Å². The van der Waals surface area contributed by atoms with Gasteiger partial charge in [0.1, 0.15) is 0 Å². The predicted octanol–water partition coefficient (Wildman–Crippen LogP) is 4.34. The van der Waals surface area contributed by atoms with Crippen LogP contribution in [-0.2, 0) is 0 Å². The van der Waals surface area contributed by atoms with E-state index >= 15 is 0 Å². The number of aromatic nitrogens is 4. The number of rotatable bonds is 3. The summed E-state index contributed by atoms with van der Waals surface area (Å²) >= 11 is 0. The van der Waals surface area contributed by atoms with E-state index in [2.05, 4.69) is 58.7 Å². The summed E-state index contributed by atoms with van der Waals surface area (Å²) < 4.78 is 3.79. The summed E-state index contributed by atoms with van der Waals surface area (Å²) in [5.74, 6) is 0. The Hall–Kier alpha value is -3.14. The maximum Gasteiger partial charge on any atom is 0.0651 e. The van der Waals surface area contributed by atoms with Gasteiger partial charge in [-0.1, -0.05) is 24.3 Å².